The van der Waals surface area contributed by atoms with Crippen molar-refractivity contribution in [3.05, 3.63) is 35.1 Å². The predicted molar refractivity (Wildman–Crippen MR) is 81.6 cm³/mol. The number of halogens is 2. The van der Waals surface area contributed by atoms with Gasteiger partial charge in [-0.05, 0) is 18.2 Å². The average Bonchev–Trinajstić information content (AvgIpc) is 2.39. The van der Waals surface area contributed by atoms with E-state index in [1.165, 1.54) is 18.2 Å². The van der Waals surface area contributed by atoms with E-state index in [4.69, 9.17) is 23.1 Å². The van der Waals surface area contributed by atoms with Crippen molar-refractivity contribution in [3.63, 3.8) is 0 Å². The number of nitrogen functional groups attached to an aromatic ring is 2. The number of amides is 1. The Kier molecular flexibility index (Phi) is 4.81. The van der Waals surface area contributed by atoms with Crippen LogP contribution in [0.3, 0.4) is 0 Å². The van der Waals surface area contributed by atoms with Gasteiger partial charge in [0.15, 0.2) is 5.16 Å². The number of nitrogens with two attached hydrogens (primary N) is 2. The predicted octanol–water partition coefficient (Wildman–Crippen LogP) is 2.16. The number of benzene rings is 1. The molecule has 0 aliphatic carbocycles. The summed E-state index contributed by atoms with van der Waals surface area (Å²) in [5, 5.41) is 2.98. The van der Waals surface area contributed by atoms with E-state index in [0.29, 0.717) is 10.8 Å². The van der Waals surface area contributed by atoms with E-state index >= 15 is 0 Å². The van der Waals surface area contributed by atoms with Crippen molar-refractivity contribution >= 4 is 46.6 Å². The van der Waals surface area contributed by atoms with Crippen LogP contribution in [0.25, 0.3) is 0 Å². The first-order chi connectivity index (χ1) is 9.94. The van der Waals surface area contributed by atoms with Gasteiger partial charge in [0.1, 0.15) is 17.5 Å². The topological polar surface area (TPSA) is 107 Å². The molecular formula is C12H11ClFN5OS. The molecular weight excluding hydrogens is 317 g/mol. The summed E-state index contributed by atoms with van der Waals surface area (Å²) in [5.74, 6) is -0.315. The largest absolute Gasteiger partial charge is 0.383 e. The lowest BCUT2D eigenvalue weighted by molar-refractivity contribution is -0.113. The lowest BCUT2D eigenvalue weighted by Crippen LogP contribution is -2.14. The molecule has 5 N–H and O–H groups in total. The van der Waals surface area contributed by atoms with Crippen molar-refractivity contribution in [1.82, 2.24) is 9.97 Å². The molecule has 0 saturated heterocycles. The number of rotatable bonds is 4. The lowest BCUT2D eigenvalue weighted by Gasteiger charge is -2.07. The van der Waals surface area contributed by atoms with Crippen LogP contribution in [0.2, 0.25) is 5.02 Å². The first-order valence-corrected chi connectivity index (χ1v) is 7.08. The monoisotopic (exact) mass is 327 g/mol. The molecule has 0 unspecified atom stereocenters. The van der Waals surface area contributed by atoms with Gasteiger partial charge >= 0.3 is 0 Å². The van der Waals surface area contributed by atoms with Gasteiger partial charge in [-0.1, -0.05) is 23.4 Å². The van der Waals surface area contributed by atoms with Crippen molar-refractivity contribution in [1.29, 1.82) is 0 Å². The second kappa shape index (κ2) is 6.59. The zero-order valence-electron chi connectivity index (χ0n) is 10.6. The molecule has 0 bridgehead atoms. The fourth-order valence-corrected chi connectivity index (χ4v) is 2.32. The van der Waals surface area contributed by atoms with Crippen molar-refractivity contribution < 1.29 is 9.18 Å². The molecule has 9 heteroatoms. The van der Waals surface area contributed by atoms with Crippen LogP contribution in [0, 0.1) is 5.82 Å². The lowest BCUT2D eigenvalue weighted by atomic mass is 10.3. The van der Waals surface area contributed by atoms with Crippen LogP contribution < -0.4 is 16.8 Å². The fraction of sp³-hybridized carbons (Fsp3) is 0.0833. The summed E-state index contributed by atoms with van der Waals surface area (Å²) in [6, 6.07) is 5.13. The Morgan fingerprint density at radius 2 is 1.95 bits per heavy atom. The maximum absolute atomic E-state index is 12.9. The van der Waals surface area contributed by atoms with Crippen molar-refractivity contribution in [2.45, 2.75) is 5.16 Å². The number of carbonyl (C=O) groups excluding carboxylic acids is 1. The van der Waals surface area contributed by atoms with Crippen molar-refractivity contribution in [2.24, 2.45) is 0 Å². The van der Waals surface area contributed by atoms with Crippen LogP contribution >= 0.6 is 23.4 Å². The number of carbonyl (C=O) groups is 1. The molecule has 21 heavy (non-hydrogen) atoms. The van der Waals surface area contributed by atoms with Crippen LogP contribution in [-0.4, -0.2) is 21.6 Å². The number of thioether (sulfide) groups is 1. The van der Waals surface area contributed by atoms with Crippen LogP contribution in [0.4, 0.5) is 21.7 Å². The summed E-state index contributed by atoms with van der Waals surface area (Å²) < 4.78 is 12.9. The summed E-state index contributed by atoms with van der Waals surface area (Å²) in [6.07, 6.45) is 0. The molecule has 6 nitrogen and oxygen atoms in total. The van der Waals surface area contributed by atoms with E-state index in [-0.39, 0.29) is 28.3 Å². The Balaban J connectivity index is 1.95. The highest BCUT2D eigenvalue weighted by Crippen LogP contribution is 2.23. The van der Waals surface area contributed by atoms with Gasteiger partial charge < -0.3 is 16.8 Å². The normalized spacial score (nSPS) is 10.4. The fourth-order valence-electron chi connectivity index (χ4n) is 1.43. The zero-order chi connectivity index (χ0) is 15.4. The smallest absolute Gasteiger partial charge is 0.234 e. The van der Waals surface area contributed by atoms with Crippen molar-refractivity contribution in [3.8, 4) is 0 Å². The Bertz CT molecular complexity index is 664. The minimum atomic E-state index is -0.476. The molecule has 2 rings (SSSR count). The second-order valence-electron chi connectivity index (χ2n) is 3.96. The average molecular weight is 328 g/mol. The molecule has 1 aromatic carbocycles. The Hall–Kier alpha value is -2.06. The van der Waals surface area contributed by atoms with E-state index in [0.717, 1.165) is 17.8 Å². The maximum Gasteiger partial charge on any atom is 0.234 e. The highest BCUT2D eigenvalue weighted by atomic mass is 35.5. The number of nitrogens with zero attached hydrogens (tertiary/aromatic N) is 2. The summed E-state index contributed by atoms with van der Waals surface area (Å²) in [4.78, 5) is 19.7. The van der Waals surface area contributed by atoms with Gasteiger partial charge in [0.25, 0.3) is 0 Å². The second-order valence-corrected chi connectivity index (χ2v) is 5.31. The van der Waals surface area contributed by atoms with Gasteiger partial charge in [0.2, 0.25) is 5.91 Å². The third kappa shape index (κ3) is 4.47. The third-order valence-corrected chi connectivity index (χ3v) is 3.44. The molecule has 0 radical (unpaired) electrons. The standard InChI is InChI=1S/C12H11ClFN5OS/c13-7-3-6(14)1-2-8(7)17-11(20)5-21-12-18-9(15)4-10(16)19-12/h1-4H,5H2,(H,17,20)(H4,15,16,18,19). The van der Waals surface area contributed by atoms with Gasteiger partial charge in [-0.2, -0.15) is 0 Å². The summed E-state index contributed by atoms with van der Waals surface area (Å²) in [7, 11) is 0. The highest BCUT2D eigenvalue weighted by Gasteiger charge is 2.09. The summed E-state index contributed by atoms with van der Waals surface area (Å²) in [6.45, 7) is 0. The molecule has 1 aromatic heterocycles. The van der Waals surface area contributed by atoms with E-state index in [1.54, 1.807) is 0 Å². The molecule has 0 saturated carbocycles. The Morgan fingerprint density at radius 3 is 2.57 bits per heavy atom. The molecule has 2 aromatic rings. The van der Waals surface area contributed by atoms with E-state index < -0.39 is 5.82 Å². The number of nitrogens with one attached hydrogen (secondary N) is 1. The van der Waals surface area contributed by atoms with Crippen LogP contribution in [0.15, 0.2) is 29.4 Å². The SMILES string of the molecule is Nc1cc(N)nc(SCC(=O)Nc2ccc(F)cc2Cl)n1. The number of aromatic nitrogens is 2. The third-order valence-electron chi connectivity index (χ3n) is 2.28. The summed E-state index contributed by atoms with van der Waals surface area (Å²) in [5.41, 5.74) is 11.4. The molecule has 110 valence electrons. The maximum atomic E-state index is 12.9. The molecule has 1 heterocycles. The number of anilines is 3. The molecule has 1 amide bonds. The Labute approximate surface area is 129 Å². The van der Waals surface area contributed by atoms with Crippen LogP contribution in [0.1, 0.15) is 0 Å². The molecule has 0 aliphatic heterocycles. The van der Waals surface area contributed by atoms with Gasteiger partial charge in [0, 0.05) is 6.07 Å². The van der Waals surface area contributed by atoms with Gasteiger partial charge in [-0.15, -0.1) is 0 Å². The van der Waals surface area contributed by atoms with Gasteiger partial charge in [-0.3, -0.25) is 4.79 Å². The van der Waals surface area contributed by atoms with E-state index in [9.17, 15) is 9.18 Å². The zero-order valence-corrected chi connectivity index (χ0v) is 12.2. The van der Waals surface area contributed by atoms with Gasteiger partial charge in [0.05, 0.1) is 16.5 Å². The molecule has 0 atom stereocenters. The first-order valence-electron chi connectivity index (χ1n) is 5.72. The summed E-state index contributed by atoms with van der Waals surface area (Å²) >= 11 is 6.89. The molecule has 0 spiro atoms. The highest BCUT2D eigenvalue weighted by molar-refractivity contribution is 7.99. The minimum Gasteiger partial charge on any atom is -0.383 e. The number of hydrogen-bond donors (Lipinski definition) is 3. The first kappa shape index (κ1) is 15.3. The van der Waals surface area contributed by atoms with E-state index in [2.05, 4.69) is 15.3 Å². The number of hydrogen-bond acceptors (Lipinski definition) is 6. The van der Waals surface area contributed by atoms with Gasteiger partial charge in [-0.25, -0.2) is 14.4 Å². The van der Waals surface area contributed by atoms with Crippen LogP contribution in [-0.2, 0) is 4.79 Å². The van der Waals surface area contributed by atoms with Crippen LogP contribution in [0.5, 0.6) is 0 Å². The molecule has 0 aliphatic rings. The molecule has 0 fully saturated rings. The van der Waals surface area contributed by atoms with E-state index in [1.807, 2.05) is 0 Å². The van der Waals surface area contributed by atoms with Crippen molar-refractivity contribution in [2.75, 3.05) is 22.5 Å². The quantitative estimate of drug-likeness (QED) is 0.587. The Morgan fingerprint density at radius 1 is 1.29 bits per heavy atom. The minimum absolute atomic E-state index is 0.0383.